The molecular formula is C13H16N2O5S. The summed E-state index contributed by atoms with van der Waals surface area (Å²) in [6.45, 7) is 1.51. The molecule has 0 fully saturated rings. The molecule has 0 saturated carbocycles. The summed E-state index contributed by atoms with van der Waals surface area (Å²) in [6.07, 6.45) is -0.829. The van der Waals surface area contributed by atoms with Gasteiger partial charge in [0.2, 0.25) is 0 Å². The number of non-ortho nitro benzene ring substituents is 1. The standard InChI is InChI=1S/C13H16N2O5S/c1-9(13(17)14(2)3)20-12(16)8-21-11-6-4-10(5-7-11)15(18)19/h4-7,9H,8H2,1-3H3/t9-/m1/s1. The number of nitro groups is 1. The normalized spacial score (nSPS) is 11.6. The van der Waals surface area contributed by atoms with E-state index in [0.29, 0.717) is 4.90 Å². The molecule has 1 amide bonds. The predicted octanol–water partition coefficient (Wildman–Crippen LogP) is 1.71. The van der Waals surface area contributed by atoms with Crippen molar-refractivity contribution in [3.8, 4) is 0 Å². The van der Waals surface area contributed by atoms with Crippen LogP contribution in [0.4, 0.5) is 5.69 Å². The molecular weight excluding hydrogens is 296 g/mol. The van der Waals surface area contributed by atoms with Crippen molar-refractivity contribution in [2.24, 2.45) is 0 Å². The van der Waals surface area contributed by atoms with Gasteiger partial charge in [0, 0.05) is 31.1 Å². The third kappa shape index (κ3) is 5.42. The van der Waals surface area contributed by atoms with Gasteiger partial charge >= 0.3 is 5.97 Å². The Morgan fingerprint density at radius 2 is 1.90 bits per heavy atom. The van der Waals surface area contributed by atoms with Crippen LogP contribution in [-0.2, 0) is 14.3 Å². The Morgan fingerprint density at radius 3 is 2.38 bits per heavy atom. The quantitative estimate of drug-likeness (QED) is 0.344. The Kier molecular flexibility index (Phi) is 6.16. The molecule has 0 aromatic heterocycles. The van der Waals surface area contributed by atoms with Crippen LogP contribution in [0, 0.1) is 10.1 Å². The number of likely N-dealkylation sites (N-methyl/N-ethyl adjacent to an activating group) is 1. The molecule has 8 heteroatoms. The number of rotatable bonds is 6. The van der Waals surface area contributed by atoms with E-state index in [0.717, 1.165) is 0 Å². The fraction of sp³-hybridized carbons (Fsp3) is 0.385. The van der Waals surface area contributed by atoms with Crippen LogP contribution < -0.4 is 0 Å². The average Bonchev–Trinajstić information content (AvgIpc) is 2.44. The Bertz CT molecular complexity index is 530. The highest BCUT2D eigenvalue weighted by molar-refractivity contribution is 8.00. The summed E-state index contributed by atoms with van der Waals surface area (Å²) in [5, 5.41) is 10.5. The van der Waals surface area contributed by atoms with Crippen molar-refractivity contribution in [2.75, 3.05) is 19.8 Å². The second kappa shape index (κ2) is 7.63. The highest BCUT2D eigenvalue weighted by atomic mass is 32.2. The smallest absolute Gasteiger partial charge is 0.317 e. The van der Waals surface area contributed by atoms with Crippen LogP contribution in [0.25, 0.3) is 0 Å². The van der Waals surface area contributed by atoms with Gasteiger partial charge in [0.25, 0.3) is 11.6 Å². The van der Waals surface area contributed by atoms with Gasteiger partial charge in [-0.05, 0) is 19.1 Å². The minimum absolute atomic E-state index is 0.00729. The second-order valence-corrected chi connectivity index (χ2v) is 5.45. The minimum Gasteiger partial charge on any atom is -0.452 e. The van der Waals surface area contributed by atoms with E-state index in [1.54, 1.807) is 26.2 Å². The monoisotopic (exact) mass is 312 g/mol. The van der Waals surface area contributed by atoms with Crippen LogP contribution in [0.3, 0.4) is 0 Å². The highest BCUT2D eigenvalue weighted by Gasteiger charge is 2.19. The Labute approximate surface area is 126 Å². The number of nitro benzene ring substituents is 1. The molecule has 1 aromatic carbocycles. The summed E-state index contributed by atoms with van der Waals surface area (Å²) in [5.41, 5.74) is -0.00729. The van der Waals surface area contributed by atoms with Crippen molar-refractivity contribution in [3.63, 3.8) is 0 Å². The third-order valence-electron chi connectivity index (χ3n) is 2.50. The van der Waals surface area contributed by atoms with Gasteiger partial charge in [0.1, 0.15) is 0 Å². The van der Waals surface area contributed by atoms with Crippen LogP contribution in [0.2, 0.25) is 0 Å². The molecule has 0 N–H and O–H groups in total. The number of hydrogen-bond acceptors (Lipinski definition) is 6. The number of thioether (sulfide) groups is 1. The van der Waals surface area contributed by atoms with Gasteiger partial charge in [0.15, 0.2) is 6.10 Å². The summed E-state index contributed by atoms with van der Waals surface area (Å²) in [6, 6.07) is 5.85. The number of amides is 1. The number of carbonyl (C=O) groups is 2. The molecule has 0 saturated heterocycles. The van der Waals surface area contributed by atoms with Crippen molar-refractivity contribution < 1.29 is 19.2 Å². The summed E-state index contributed by atoms with van der Waals surface area (Å²) in [7, 11) is 3.16. The zero-order chi connectivity index (χ0) is 16.0. The second-order valence-electron chi connectivity index (χ2n) is 4.40. The number of carbonyl (C=O) groups excluding carboxylic acids is 2. The Morgan fingerprint density at radius 1 is 1.33 bits per heavy atom. The summed E-state index contributed by atoms with van der Waals surface area (Å²) < 4.78 is 5.00. The van der Waals surface area contributed by atoms with Crippen molar-refractivity contribution >= 4 is 29.3 Å². The van der Waals surface area contributed by atoms with Crippen molar-refractivity contribution in [3.05, 3.63) is 34.4 Å². The first-order valence-electron chi connectivity index (χ1n) is 6.09. The number of nitrogens with zero attached hydrogens (tertiary/aromatic N) is 2. The minimum atomic E-state index is -0.829. The molecule has 0 bridgehead atoms. The fourth-order valence-corrected chi connectivity index (χ4v) is 2.13. The van der Waals surface area contributed by atoms with E-state index in [-0.39, 0.29) is 17.3 Å². The lowest BCUT2D eigenvalue weighted by molar-refractivity contribution is -0.384. The topological polar surface area (TPSA) is 89.7 Å². The molecule has 0 aliphatic heterocycles. The first-order valence-corrected chi connectivity index (χ1v) is 7.07. The Hall–Kier alpha value is -2.09. The molecule has 1 aromatic rings. The Balaban J connectivity index is 2.46. The van der Waals surface area contributed by atoms with Crippen LogP contribution in [-0.4, -0.2) is 47.7 Å². The van der Waals surface area contributed by atoms with E-state index in [1.165, 1.54) is 35.7 Å². The maximum Gasteiger partial charge on any atom is 0.317 e. The van der Waals surface area contributed by atoms with Gasteiger partial charge in [-0.2, -0.15) is 0 Å². The average molecular weight is 312 g/mol. The molecule has 0 unspecified atom stereocenters. The maximum absolute atomic E-state index is 11.6. The van der Waals surface area contributed by atoms with Crippen LogP contribution in [0.15, 0.2) is 29.2 Å². The van der Waals surface area contributed by atoms with E-state index < -0.39 is 17.0 Å². The molecule has 114 valence electrons. The zero-order valence-electron chi connectivity index (χ0n) is 11.9. The number of esters is 1. The van der Waals surface area contributed by atoms with Crippen LogP contribution in [0.1, 0.15) is 6.92 Å². The van der Waals surface area contributed by atoms with E-state index in [4.69, 9.17) is 4.74 Å². The number of benzene rings is 1. The summed E-state index contributed by atoms with van der Waals surface area (Å²) in [5.74, 6) is -0.771. The van der Waals surface area contributed by atoms with Gasteiger partial charge < -0.3 is 9.64 Å². The molecule has 0 radical (unpaired) electrons. The summed E-state index contributed by atoms with van der Waals surface area (Å²) >= 11 is 1.19. The van der Waals surface area contributed by atoms with Gasteiger partial charge in [-0.15, -0.1) is 11.8 Å². The van der Waals surface area contributed by atoms with Crippen LogP contribution >= 0.6 is 11.8 Å². The van der Waals surface area contributed by atoms with E-state index in [9.17, 15) is 19.7 Å². The largest absolute Gasteiger partial charge is 0.452 e. The molecule has 1 rings (SSSR count). The lowest BCUT2D eigenvalue weighted by atomic mass is 10.3. The molecule has 0 aliphatic carbocycles. The summed E-state index contributed by atoms with van der Waals surface area (Å²) in [4.78, 5) is 35.2. The van der Waals surface area contributed by atoms with E-state index >= 15 is 0 Å². The van der Waals surface area contributed by atoms with Crippen molar-refractivity contribution in [1.82, 2.24) is 4.90 Å². The van der Waals surface area contributed by atoms with E-state index in [2.05, 4.69) is 0 Å². The van der Waals surface area contributed by atoms with Gasteiger partial charge in [-0.25, -0.2) is 0 Å². The molecule has 0 spiro atoms. The van der Waals surface area contributed by atoms with Crippen molar-refractivity contribution in [1.29, 1.82) is 0 Å². The number of hydrogen-bond donors (Lipinski definition) is 0. The zero-order valence-corrected chi connectivity index (χ0v) is 12.8. The van der Waals surface area contributed by atoms with Crippen molar-refractivity contribution in [2.45, 2.75) is 17.9 Å². The first kappa shape index (κ1) is 17.0. The predicted molar refractivity (Wildman–Crippen MR) is 78.1 cm³/mol. The molecule has 0 aliphatic rings. The number of ether oxygens (including phenoxy) is 1. The SMILES string of the molecule is C[C@@H](OC(=O)CSc1ccc([N+](=O)[O-])cc1)C(=O)N(C)C. The van der Waals surface area contributed by atoms with E-state index in [1.807, 2.05) is 0 Å². The van der Waals surface area contributed by atoms with Crippen LogP contribution in [0.5, 0.6) is 0 Å². The molecule has 0 heterocycles. The molecule has 7 nitrogen and oxygen atoms in total. The lowest BCUT2D eigenvalue weighted by Crippen LogP contribution is -2.35. The third-order valence-corrected chi connectivity index (χ3v) is 3.49. The maximum atomic E-state index is 11.6. The lowest BCUT2D eigenvalue weighted by Gasteiger charge is -2.17. The molecule has 21 heavy (non-hydrogen) atoms. The van der Waals surface area contributed by atoms with Gasteiger partial charge in [-0.3, -0.25) is 19.7 Å². The fourth-order valence-electron chi connectivity index (χ4n) is 1.45. The first-order chi connectivity index (χ1) is 9.81. The van der Waals surface area contributed by atoms with Gasteiger partial charge in [0.05, 0.1) is 10.7 Å². The molecule has 1 atom stereocenters. The van der Waals surface area contributed by atoms with Gasteiger partial charge in [-0.1, -0.05) is 0 Å². The highest BCUT2D eigenvalue weighted by Crippen LogP contribution is 2.21.